The monoisotopic (exact) mass is 297 g/mol. The van der Waals surface area contributed by atoms with Crippen LogP contribution in [0.3, 0.4) is 0 Å². The van der Waals surface area contributed by atoms with Crippen LogP contribution < -0.4 is 5.73 Å². The summed E-state index contributed by atoms with van der Waals surface area (Å²) in [5, 5.41) is 0.0170. The lowest BCUT2D eigenvalue weighted by Crippen LogP contribution is -2.35. The molecule has 6 nitrogen and oxygen atoms in total. The number of sulfonamides is 1. The van der Waals surface area contributed by atoms with Crippen LogP contribution in [0, 0.1) is 0 Å². The molecule has 9 heteroatoms. The quantitative estimate of drug-likeness (QED) is 0.819. The molecule has 0 aliphatic rings. The van der Waals surface area contributed by atoms with E-state index >= 15 is 0 Å². The van der Waals surface area contributed by atoms with Crippen molar-refractivity contribution in [1.29, 1.82) is 0 Å². The van der Waals surface area contributed by atoms with Crippen molar-refractivity contribution in [2.24, 2.45) is 5.73 Å². The molecule has 94 valence electrons. The van der Waals surface area contributed by atoms with E-state index < -0.39 is 22.5 Å². The second-order valence-corrected chi connectivity index (χ2v) is 5.98. The highest BCUT2D eigenvalue weighted by Gasteiger charge is 2.23. The fourth-order valence-corrected chi connectivity index (χ4v) is 2.47. The van der Waals surface area contributed by atoms with Gasteiger partial charge in [-0.15, -0.1) is 0 Å². The van der Waals surface area contributed by atoms with Crippen molar-refractivity contribution in [2.45, 2.75) is 4.90 Å². The van der Waals surface area contributed by atoms with E-state index in [-0.39, 0.29) is 15.1 Å². The molecular formula is C8H9Cl2N3O3S. The highest BCUT2D eigenvalue weighted by atomic mass is 35.5. The summed E-state index contributed by atoms with van der Waals surface area (Å²) in [6, 6.07) is 1.16. The van der Waals surface area contributed by atoms with E-state index in [9.17, 15) is 13.2 Å². The zero-order valence-corrected chi connectivity index (χ0v) is 11.1. The number of halogens is 2. The molecule has 2 N–H and O–H groups in total. The summed E-state index contributed by atoms with van der Waals surface area (Å²) in [4.78, 5) is 14.1. The first-order valence-corrected chi connectivity index (χ1v) is 6.50. The fraction of sp³-hybridized carbons (Fsp3) is 0.250. The van der Waals surface area contributed by atoms with Gasteiger partial charge in [0.25, 0.3) is 0 Å². The maximum atomic E-state index is 11.9. The Balaban J connectivity index is 3.13. The molecule has 0 unspecified atom stereocenters. The van der Waals surface area contributed by atoms with Gasteiger partial charge in [0.05, 0.1) is 11.6 Å². The number of likely N-dealkylation sites (N-methyl/N-ethyl adjacent to an activating group) is 1. The normalized spacial score (nSPS) is 11.8. The van der Waals surface area contributed by atoms with E-state index in [1.54, 1.807) is 0 Å². The van der Waals surface area contributed by atoms with Crippen LogP contribution in [-0.4, -0.2) is 37.2 Å². The first kappa shape index (κ1) is 14.2. The topological polar surface area (TPSA) is 93.4 Å². The molecule has 1 aromatic heterocycles. The molecule has 0 saturated carbocycles. The number of carbonyl (C=O) groups excluding carboxylic acids is 1. The molecule has 1 rings (SSSR count). The highest BCUT2D eigenvalue weighted by Crippen LogP contribution is 2.23. The number of carbonyl (C=O) groups is 1. The van der Waals surface area contributed by atoms with Crippen molar-refractivity contribution >= 4 is 39.1 Å². The molecule has 0 aromatic carbocycles. The third-order valence-electron chi connectivity index (χ3n) is 1.86. The predicted molar refractivity (Wildman–Crippen MR) is 63.3 cm³/mol. The molecule has 1 aromatic rings. The van der Waals surface area contributed by atoms with Gasteiger partial charge in [-0.2, -0.15) is 4.31 Å². The van der Waals surface area contributed by atoms with Crippen LogP contribution in [0.15, 0.2) is 17.2 Å². The van der Waals surface area contributed by atoms with Gasteiger partial charge in [0.1, 0.15) is 10.0 Å². The van der Waals surface area contributed by atoms with Gasteiger partial charge in [0.15, 0.2) is 0 Å². The Hall–Kier alpha value is -0.890. The summed E-state index contributed by atoms with van der Waals surface area (Å²) in [6.45, 7) is -0.428. The summed E-state index contributed by atoms with van der Waals surface area (Å²) in [5.74, 6) is -0.760. The van der Waals surface area contributed by atoms with Crippen LogP contribution in [0.1, 0.15) is 0 Å². The van der Waals surface area contributed by atoms with E-state index in [2.05, 4.69) is 4.98 Å². The van der Waals surface area contributed by atoms with E-state index in [0.29, 0.717) is 0 Å². The van der Waals surface area contributed by atoms with Crippen LogP contribution in [0.5, 0.6) is 0 Å². The van der Waals surface area contributed by atoms with Crippen LogP contribution >= 0.6 is 23.2 Å². The van der Waals surface area contributed by atoms with Gasteiger partial charge in [-0.25, -0.2) is 13.4 Å². The standard InChI is InChI=1S/C8H9Cl2N3O3S/c1-13(4-7(11)14)17(15,16)5-2-6(9)8(10)12-3-5/h2-3H,4H2,1H3,(H2,11,14). The zero-order chi connectivity index (χ0) is 13.2. The minimum Gasteiger partial charge on any atom is -0.369 e. The maximum absolute atomic E-state index is 11.9. The third-order valence-corrected chi connectivity index (χ3v) is 4.31. The zero-order valence-electron chi connectivity index (χ0n) is 8.72. The summed E-state index contributed by atoms with van der Waals surface area (Å²) in [7, 11) is -2.62. The molecule has 0 aliphatic carbocycles. The van der Waals surface area contributed by atoms with Crippen LogP contribution in [0.4, 0.5) is 0 Å². The number of hydrogen-bond acceptors (Lipinski definition) is 4. The molecule has 0 saturated heterocycles. The second kappa shape index (κ2) is 5.18. The Morgan fingerprint density at radius 2 is 2.12 bits per heavy atom. The van der Waals surface area contributed by atoms with Crippen LogP contribution in [0.2, 0.25) is 10.2 Å². The molecule has 0 atom stereocenters. The van der Waals surface area contributed by atoms with Gasteiger partial charge in [0.2, 0.25) is 15.9 Å². The van der Waals surface area contributed by atoms with Gasteiger partial charge in [0, 0.05) is 13.2 Å². The molecule has 0 bridgehead atoms. The molecule has 1 amide bonds. The van der Waals surface area contributed by atoms with Gasteiger partial charge < -0.3 is 5.73 Å². The van der Waals surface area contributed by atoms with E-state index in [4.69, 9.17) is 28.9 Å². The van der Waals surface area contributed by atoms with Gasteiger partial charge >= 0.3 is 0 Å². The average Bonchev–Trinajstić information content (AvgIpc) is 2.20. The number of rotatable bonds is 4. The number of amides is 1. The first-order chi connectivity index (χ1) is 7.75. The van der Waals surface area contributed by atoms with E-state index in [0.717, 1.165) is 16.6 Å². The van der Waals surface area contributed by atoms with E-state index in [1.165, 1.54) is 7.05 Å². The van der Waals surface area contributed by atoms with Gasteiger partial charge in [-0.05, 0) is 6.07 Å². The molecule has 0 fully saturated rings. The average molecular weight is 298 g/mol. The molecular weight excluding hydrogens is 289 g/mol. The lowest BCUT2D eigenvalue weighted by Gasteiger charge is -2.15. The van der Waals surface area contributed by atoms with Crippen molar-refractivity contribution in [1.82, 2.24) is 9.29 Å². The maximum Gasteiger partial charge on any atom is 0.244 e. The summed E-state index contributed by atoms with van der Waals surface area (Å²) >= 11 is 11.2. The summed E-state index contributed by atoms with van der Waals surface area (Å²) < 4.78 is 24.6. The number of hydrogen-bond donors (Lipinski definition) is 1. The van der Waals surface area contributed by atoms with Crippen molar-refractivity contribution < 1.29 is 13.2 Å². The van der Waals surface area contributed by atoms with Gasteiger partial charge in [-0.3, -0.25) is 4.79 Å². The Morgan fingerprint density at radius 3 is 2.59 bits per heavy atom. The van der Waals surface area contributed by atoms with Gasteiger partial charge in [-0.1, -0.05) is 23.2 Å². The highest BCUT2D eigenvalue weighted by molar-refractivity contribution is 7.89. The fourth-order valence-electron chi connectivity index (χ4n) is 1.03. The Morgan fingerprint density at radius 1 is 1.53 bits per heavy atom. The first-order valence-electron chi connectivity index (χ1n) is 4.31. The molecule has 1 heterocycles. The Bertz CT molecular complexity index is 547. The molecule has 0 spiro atoms. The number of aromatic nitrogens is 1. The number of primary amides is 1. The van der Waals surface area contributed by atoms with Crippen molar-refractivity contribution in [3.8, 4) is 0 Å². The lowest BCUT2D eigenvalue weighted by molar-refractivity contribution is -0.118. The molecule has 0 radical (unpaired) electrons. The second-order valence-electron chi connectivity index (χ2n) is 3.17. The van der Waals surface area contributed by atoms with Crippen molar-refractivity contribution in [3.05, 3.63) is 22.4 Å². The SMILES string of the molecule is CN(CC(N)=O)S(=O)(=O)c1cnc(Cl)c(Cl)c1. The predicted octanol–water partition coefficient (Wildman–Crippen LogP) is 0.494. The van der Waals surface area contributed by atoms with E-state index in [1.807, 2.05) is 0 Å². The number of nitrogens with two attached hydrogens (primary N) is 1. The number of pyridine rings is 1. The minimum absolute atomic E-state index is 0.00294. The third kappa shape index (κ3) is 3.29. The minimum atomic E-state index is -3.85. The lowest BCUT2D eigenvalue weighted by atomic mass is 10.5. The Kier molecular flexibility index (Phi) is 4.31. The van der Waals surface area contributed by atoms with Crippen LogP contribution in [0.25, 0.3) is 0 Å². The number of nitrogens with zero attached hydrogens (tertiary/aromatic N) is 2. The van der Waals surface area contributed by atoms with Crippen LogP contribution in [-0.2, 0) is 14.8 Å². The Labute approximate surface area is 108 Å². The smallest absolute Gasteiger partial charge is 0.244 e. The summed E-state index contributed by atoms with van der Waals surface area (Å²) in [5.41, 5.74) is 4.91. The van der Waals surface area contributed by atoms with Crippen molar-refractivity contribution in [2.75, 3.05) is 13.6 Å². The van der Waals surface area contributed by atoms with Crippen molar-refractivity contribution in [3.63, 3.8) is 0 Å². The molecule has 0 aliphatic heterocycles. The molecule has 17 heavy (non-hydrogen) atoms. The summed E-state index contributed by atoms with van der Waals surface area (Å²) in [6.07, 6.45) is 1.06. The largest absolute Gasteiger partial charge is 0.369 e.